The van der Waals surface area contributed by atoms with Crippen molar-refractivity contribution in [3.63, 3.8) is 0 Å². The number of hydrogen-bond donors (Lipinski definition) is 0. The number of halogens is 1. The zero-order valence-electron chi connectivity index (χ0n) is 13.9. The van der Waals surface area contributed by atoms with Crippen molar-refractivity contribution in [2.75, 3.05) is 7.05 Å². The Hall–Kier alpha value is -1.70. The summed E-state index contributed by atoms with van der Waals surface area (Å²) in [4.78, 5) is 2.14. The third-order valence-electron chi connectivity index (χ3n) is 4.25. The Balaban J connectivity index is 1.61. The second-order valence-electron chi connectivity index (χ2n) is 6.45. The van der Waals surface area contributed by atoms with Gasteiger partial charge in [0.15, 0.2) is 4.67 Å². The lowest BCUT2D eigenvalue weighted by Crippen LogP contribution is -2.22. The van der Waals surface area contributed by atoms with Crippen LogP contribution >= 0.6 is 28.1 Å². The number of rotatable bonds is 6. The maximum absolute atomic E-state index is 5.73. The predicted molar refractivity (Wildman–Crippen MR) is 102 cm³/mol. The van der Waals surface area contributed by atoms with Crippen molar-refractivity contribution in [1.82, 2.24) is 19.2 Å². The van der Waals surface area contributed by atoms with Crippen LogP contribution in [0.4, 0.5) is 0 Å². The molecule has 4 rings (SSSR count). The first kappa shape index (κ1) is 16.8. The summed E-state index contributed by atoms with van der Waals surface area (Å²) in [5.74, 6) is 2.51. The van der Waals surface area contributed by atoms with E-state index in [4.69, 9.17) is 21.7 Å². The van der Waals surface area contributed by atoms with Gasteiger partial charge in [-0.05, 0) is 72.3 Å². The molecule has 1 aliphatic carbocycles. The summed E-state index contributed by atoms with van der Waals surface area (Å²) in [5, 5.41) is 4.83. The minimum absolute atomic E-state index is 0.523. The van der Waals surface area contributed by atoms with Crippen LogP contribution in [0.5, 0.6) is 0 Å². The third-order valence-corrected chi connectivity index (χ3v) is 5.07. The molecule has 0 radical (unpaired) electrons. The van der Waals surface area contributed by atoms with Crippen LogP contribution in [0.2, 0.25) is 0 Å². The molecule has 0 bridgehead atoms. The maximum Gasteiger partial charge on any atom is 0.203 e. The fourth-order valence-electron chi connectivity index (χ4n) is 2.92. The molecule has 1 fully saturated rings. The molecule has 0 aliphatic heterocycles. The zero-order valence-corrected chi connectivity index (χ0v) is 16.3. The van der Waals surface area contributed by atoms with Gasteiger partial charge in [0.25, 0.3) is 0 Å². The van der Waals surface area contributed by atoms with Gasteiger partial charge in [0.1, 0.15) is 11.6 Å². The molecular weight excluding hydrogens is 400 g/mol. The average Bonchev–Trinajstić information content (AvgIpc) is 3.29. The molecule has 3 aromatic rings. The first-order chi connectivity index (χ1) is 12.1. The van der Waals surface area contributed by atoms with E-state index in [1.807, 2.05) is 42.1 Å². The molecule has 2 heterocycles. The first-order valence-electron chi connectivity index (χ1n) is 8.30. The topological polar surface area (TPSA) is 39.1 Å². The highest BCUT2D eigenvalue weighted by atomic mass is 79.9. The Labute approximate surface area is 160 Å². The van der Waals surface area contributed by atoms with Crippen molar-refractivity contribution in [2.24, 2.45) is 0 Å². The summed E-state index contributed by atoms with van der Waals surface area (Å²) in [7, 11) is 2.04. The van der Waals surface area contributed by atoms with Crippen LogP contribution in [-0.4, -0.2) is 26.3 Å². The van der Waals surface area contributed by atoms with Crippen LogP contribution < -0.4 is 0 Å². The second-order valence-corrected chi connectivity index (χ2v) is 7.59. The molecule has 0 saturated heterocycles. The summed E-state index contributed by atoms with van der Waals surface area (Å²) in [6.45, 7) is 1.32. The molecule has 0 amide bonds. The summed E-state index contributed by atoms with van der Waals surface area (Å²) >= 11 is 9.07. The Morgan fingerprint density at radius 1 is 1.24 bits per heavy atom. The van der Waals surface area contributed by atoms with Gasteiger partial charge in [0, 0.05) is 11.6 Å². The number of furan rings is 1. The smallest absolute Gasteiger partial charge is 0.203 e. The van der Waals surface area contributed by atoms with Gasteiger partial charge in [0.05, 0.1) is 13.2 Å². The van der Waals surface area contributed by atoms with Gasteiger partial charge in [-0.15, -0.1) is 0 Å². The minimum atomic E-state index is 0.523. The van der Waals surface area contributed by atoms with E-state index in [2.05, 4.69) is 37.5 Å². The molecule has 1 aromatic carbocycles. The number of para-hydroxylation sites is 1. The molecule has 5 nitrogen and oxygen atoms in total. The number of nitrogens with zero attached hydrogens (tertiary/aromatic N) is 4. The molecular formula is C18H19BrN4OS. The van der Waals surface area contributed by atoms with E-state index < -0.39 is 0 Å². The van der Waals surface area contributed by atoms with Gasteiger partial charge in [-0.1, -0.05) is 18.2 Å². The van der Waals surface area contributed by atoms with Gasteiger partial charge in [-0.2, -0.15) is 5.10 Å². The normalized spacial score (nSPS) is 14.4. The van der Waals surface area contributed by atoms with Gasteiger partial charge in [-0.25, -0.2) is 4.68 Å². The van der Waals surface area contributed by atoms with Gasteiger partial charge in [-0.3, -0.25) is 9.47 Å². The molecule has 1 saturated carbocycles. The molecule has 0 unspecified atom stereocenters. The Kier molecular flexibility index (Phi) is 4.62. The molecule has 0 atom stereocenters. The van der Waals surface area contributed by atoms with Crippen LogP contribution in [0.15, 0.2) is 51.6 Å². The standard InChI is InChI=1S/C18H19BrN4OS/c1-21(11-15-9-10-16(19)24-15)12-22-18(25)23(14-5-3-2-4-6-14)17(20-22)13-7-8-13/h2-6,9-10,13H,7-8,11-12H2,1H3. The Morgan fingerprint density at radius 2 is 2.00 bits per heavy atom. The summed E-state index contributed by atoms with van der Waals surface area (Å²) in [5.41, 5.74) is 1.08. The Bertz CT molecular complexity index is 926. The van der Waals surface area contributed by atoms with Crippen molar-refractivity contribution < 1.29 is 4.42 Å². The monoisotopic (exact) mass is 418 g/mol. The SMILES string of the molecule is CN(Cc1ccc(Br)o1)Cn1nc(C2CC2)n(-c2ccccc2)c1=S. The molecule has 7 heteroatoms. The van der Waals surface area contributed by atoms with E-state index >= 15 is 0 Å². The lowest BCUT2D eigenvalue weighted by molar-refractivity contribution is 0.224. The van der Waals surface area contributed by atoms with Crippen molar-refractivity contribution in [1.29, 1.82) is 0 Å². The fourth-order valence-corrected chi connectivity index (χ4v) is 3.56. The van der Waals surface area contributed by atoms with E-state index in [9.17, 15) is 0 Å². The van der Waals surface area contributed by atoms with E-state index in [-0.39, 0.29) is 0 Å². The van der Waals surface area contributed by atoms with Gasteiger partial charge < -0.3 is 4.42 Å². The van der Waals surface area contributed by atoms with E-state index in [0.29, 0.717) is 19.1 Å². The van der Waals surface area contributed by atoms with Crippen LogP contribution in [0.3, 0.4) is 0 Å². The van der Waals surface area contributed by atoms with E-state index in [1.54, 1.807) is 0 Å². The van der Waals surface area contributed by atoms with Crippen LogP contribution in [0, 0.1) is 4.77 Å². The third kappa shape index (κ3) is 3.63. The molecule has 0 spiro atoms. The van der Waals surface area contributed by atoms with Gasteiger partial charge >= 0.3 is 0 Å². The quantitative estimate of drug-likeness (QED) is 0.542. The minimum Gasteiger partial charge on any atom is -0.453 e. The average molecular weight is 419 g/mol. The largest absolute Gasteiger partial charge is 0.453 e. The maximum atomic E-state index is 5.73. The number of aromatic nitrogens is 3. The highest BCUT2D eigenvalue weighted by molar-refractivity contribution is 9.10. The molecule has 0 N–H and O–H groups in total. The molecule has 1 aliphatic rings. The summed E-state index contributed by atoms with van der Waals surface area (Å²) in [6.07, 6.45) is 2.38. The molecule has 2 aromatic heterocycles. The van der Waals surface area contributed by atoms with E-state index in [0.717, 1.165) is 26.7 Å². The fraction of sp³-hybridized carbons (Fsp3) is 0.333. The van der Waals surface area contributed by atoms with Crippen LogP contribution in [0.1, 0.15) is 30.3 Å². The lowest BCUT2D eigenvalue weighted by atomic mass is 10.3. The lowest BCUT2D eigenvalue weighted by Gasteiger charge is -2.14. The van der Waals surface area contributed by atoms with E-state index in [1.165, 1.54) is 12.8 Å². The summed E-state index contributed by atoms with van der Waals surface area (Å²) in [6, 6.07) is 14.1. The van der Waals surface area contributed by atoms with Gasteiger partial charge in [0.2, 0.25) is 4.77 Å². The predicted octanol–water partition coefficient (Wildman–Crippen LogP) is 4.73. The Morgan fingerprint density at radius 3 is 2.64 bits per heavy atom. The number of hydrogen-bond acceptors (Lipinski definition) is 4. The first-order valence-corrected chi connectivity index (χ1v) is 9.50. The zero-order chi connectivity index (χ0) is 17.4. The molecule has 25 heavy (non-hydrogen) atoms. The summed E-state index contributed by atoms with van der Waals surface area (Å²) < 4.78 is 11.1. The van der Waals surface area contributed by atoms with Crippen LogP contribution in [0.25, 0.3) is 5.69 Å². The molecule has 130 valence electrons. The van der Waals surface area contributed by atoms with Crippen molar-refractivity contribution in [3.05, 3.63) is 63.5 Å². The van der Waals surface area contributed by atoms with Crippen LogP contribution in [-0.2, 0) is 13.2 Å². The second kappa shape index (κ2) is 6.90. The van der Waals surface area contributed by atoms with Crippen molar-refractivity contribution >= 4 is 28.1 Å². The highest BCUT2D eigenvalue weighted by Crippen LogP contribution is 2.40. The number of benzene rings is 1. The van der Waals surface area contributed by atoms with Crippen molar-refractivity contribution in [3.8, 4) is 5.69 Å². The highest BCUT2D eigenvalue weighted by Gasteiger charge is 2.30. The van der Waals surface area contributed by atoms with Crippen molar-refractivity contribution in [2.45, 2.75) is 32.0 Å².